The van der Waals surface area contributed by atoms with E-state index in [1.54, 1.807) is 22.7 Å². The zero-order valence-electron chi connectivity index (χ0n) is 9.76. The van der Waals surface area contributed by atoms with Crippen LogP contribution in [0.5, 0.6) is 0 Å². The lowest BCUT2D eigenvalue weighted by molar-refractivity contribution is 0.628. The summed E-state index contributed by atoms with van der Waals surface area (Å²) in [5.74, 6) is 0.259. The van der Waals surface area contributed by atoms with Crippen LogP contribution in [0.4, 0.5) is 10.1 Å². The molecule has 0 saturated carbocycles. The molecular weight excluding hydrogens is 231 g/mol. The summed E-state index contributed by atoms with van der Waals surface area (Å²) in [4.78, 5) is 4.38. The minimum Gasteiger partial charge on any atom is -0.396 e. The Morgan fingerprint density at radius 2 is 1.83 bits per heavy atom. The average Bonchev–Trinajstić information content (AvgIpc) is 2.81. The normalized spacial score (nSPS) is 11.0. The molecule has 0 radical (unpaired) electrons. The SMILES string of the molecule is Cc1ccc(N)c2nc(-c3ccc(F)cc3)nn12. The Bertz CT molecular complexity index is 677. The van der Waals surface area contributed by atoms with Crippen LogP contribution >= 0.6 is 0 Å². The van der Waals surface area contributed by atoms with Gasteiger partial charge in [0.05, 0.1) is 5.69 Å². The first-order valence-electron chi connectivity index (χ1n) is 5.53. The molecule has 0 aliphatic rings. The predicted octanol–water partition coefficient (Wildman–Crippen LogP) is 2.43. The average molecular weight is 242 g/mol. The zero-order chi connectivity index (χ0) is 12.7. The number of pyridine rings is 1. The van der Waals surface area contributed by atoms with Gasteiger partial charge in [-0.2, -0.15) is 0 Å². The van der Waals surface area contributed by atoms with Gasteiger partial charge in [0.1, 0.15) is 5.82 Å². The molecule has 0 aliphatic heterocycles. The lowest BCUT2D eigenvalue weighted by Crippen LogP contribution is -1.97. The maximum Gasteiger partial charge on any atom is 0.182 e. The number of nitrogens with zero attached hydrogens (tertiary/aromatic N) is 3. The van der Waals surface area contributed by atoms with Crippen molar-refractivity contribution in [3.8, 4) is 11.4 Å². The molecule has 90 valence electrons. The number of hydrogen-bond donors (Lipinski definition) is 1. The van der Waals surface area contributed by atoms with E-state index in [4.69, 9.17) is 5.73 Å². The number of aromatic nitrogens is 3. The van der Waals surface area contributed by atoms with Crippen LogP contribution in [0.2, 0.25) is 0 Å². The smallest absolute Gasteiger partial charge is 0.182 e. The van der Waals surface area contributed by atoms with Crippen LogP contribution in [0.1, 0.15) is 5.69 Å². The van der Waals surface area contributed by atoms with Crippen LogP contribution in [-0.4, -0.2) is 14.6 Å². The molecular formula is C13H11FN4. The Morgan fingerprint density at radius 3 is 2.50 bits per heavy atom. The molecule has 0 bridgehead atoms. The Morgan fingerprint density at radius 1 is 1.11 bits per heavy atom. The first-order valence-corrected chi connectivity index (χ1v) is 5.53. The second-order valence-corrected chi connectivity index (χ2v) is 4.11. The van der Waals surface area contributed by atoms with Crippen molar-refractivity contribution in [2.75, 3.05) is 5.73 Å². The number of hydrogen-bond acceptors (Lipinski definition) is 3. The second-order valence-electron chi connectivity index (χ2n) is 4.11. The highest BCUT2D eigenvalue weighted by molar-refractivity contribution is 5.68. The van der Waals surface area contributed by atoms with Gasteiger partial charge in [0.15, 0.2) is 11.5 Å². The molecule has 2 heterocycles. The van der Waals surface area contributed by atoms with Gasteiger partial charge in [-0.05, 0) is 43.3 Å². The molecule has 5 heteroatoms. The second kappa shape index (κ2) is 3.80. The van der Waals surface area contributed by atoms with E-state index in [1.807, 2.05) is 13.0 Å². The summed E-state index contributed by atoms with van der Waals surface area (Å²) < 4.78 is 14.6. The number of benzene rings is 1. The van der Waals surface area contributed by atoms with E-state index in [2.05, 4.69) is 10.1 Å². The molecule has 0 atom stereocenters. The molecule has 2 aromatic heterocycles. The molecule has 3 aromatic rings. The predicted molar refractivity (Wildman–Crippen MR) is 67.5 cm³/mol. The zero-order valence-corrected chi connectivity index (χ0v) is 9.76. The fourth-order valence-electron chi connectivity index (χ4n) is 1.82. The molecule has 1 aromatic carbocycles. The monoisotopic (exact) mass is 242 g/mol. The van der Waals surface area contributed by atoms with Gasteiger partial charge >= 0.3 is 0 Å². The highest BCUT2D eigenvalue weighted by atomic mass is 19.1. The van der Waals surface area contributed by atoms with Crippen molar-refractivity contribution in [1.82, 2.24) is 14.6 Å². The van der Waals surface area contributed by atoms with E-state index in [-0.39, 0.29) is 5.82 Å². The van der Waals surface area contributed by atoms with Crippen LogP contribution < -0.4 is 5.73 Å². The third kappa shape index (κ3) is 1.60. The summed E-state index contributed by atoms with van der Waals surface area (Å²) in [7, 11) is 0. The van der Waals surface area contributed by atoms with Crippen molar-refractivity contribution in [2.24, 2.45) is 0 Å². The van der Waals surface area contributed by atoms with Crippen LogP contribution in [0.25, 0.3) is 17.0 Å². The maximum atomic E-state index is 12.9. The van der Waals surface area contributed by atoms with Crippen LogP contribution in [0.15, 0.2) is 36.4 Å². The van der Waals surface area contributed by atoms with Crippen molar-refractivity contribution in [3.63, 3.8) is 0 Å². The van der Waals surface area contributed by atoms with Gasteiger partial charge in [0.25, 0.3) is 0 Å². The molecule has 0 unspecified atom stereocenters. The number of nitrogen functional groups attached to an aromatic ring is 1. The van der Waals surface area contributed by atoms with Crippen LogP contribution in [-0.2, 0) is 0 Å². The molecule has 0 aliphatic carbocycles. The van der Waals surface area contributed by atoms with Crippen molar-refractivity contribution in [3.05, 3.63) is 47.9 Å². The largest absolute Gasteiger partial charge is 0.396 e. The first-order chi connectivity index (χ1) is 8.65. The molecule has 0 saturated heterocycles. The number of fused-ring (bicyclic) bond motifs is 1. The van der Waals surface area contributed by atoms with E-state index >= 15 is 0 Å². The highest BCUT2D eigenvalue weighted by Gasteiger charge is 2.09. The minimum atomic E-state index is -0.279. The first kappa shape index (κ1) is 10.7. The molecule has 0 fully saturated rings. The Hall–Kier alpha value is -2.43. The number of nitrogens with two attached hydrogens (primary N) is 1. The van der Waals surface area contributed by atoms with Crippen LogP contribution in [0, 0.1) is 12.7 Å². The van der Waals surface area contributed by atoms with Crippen molar-refractivity contribution >= 4 is 11.3 Å². The Kier molecular flexibility index (Phi) is 2.26. The van der Waals surface area contributed by atoms with E-state index in [9.17, 15) is 4.39 Å². The fraction of sp³-hybridized carbons (Fsp3) is 0.0769. The lowest BCUT2D eigenvalue weighted by atomic mass is 10.2. The number of anilines is 1. The third-order valence-electron chi connectivity index (χ3n) is 2.81. The summed E-state index contributed by atoms with van der Waals surface area (Å²) in [5.41, 5.74) is 8.76. The van der Waals surface area contributed by atoms with E-state index in [0.29, 0.717) is 17.2 Å². The van der Waals surface area contributed by atoms with Gasteiger partial charge in [0, 0.05) is 11.3 Å². The quantitative estimate of drug-likeness (QED) is 0.713. The molecule has 3 rings (SSSR count). The molecule has 0 spiro atoms. The number of halogens is 1. The van der Waals surface area contributed by atoms with Crippen molar-refractivity contribution in [1.29, 1.82) is 0 Å². The van der Waals surface area contributed by atoms with E-state index < -0.39 is 0 Å². The molecule has 0 amide bonds. The van der Waals surface area contributed by atoms with E-state index in [0.717, 1.165) is 11.3 Å². The van der Waals surface area contributed by atoms with Gasteiger partial charge in [-0.15, -0.1) is 5.10 Å². The van der Waals surface area contributed by atoms with Gasteiger partial charge in [0.2, 0.25) is 0 Å². The lowest BCUT2D eigenvalue weighted by Gasteiger charge is -1.98. The van der Waals surface area contributed by atoms with Gasteiger partial charge in [-0.3, -0.25) is 0 Å². The molecule has 18 heavy (non-hydrogen) atoms. The number of rotatable bonds is 1. The Balaban J connectivity index is 2.22. The molecule has 4 nitrogen and oxygen atoms in total. The maximum absolute atomic E-state index is 12.9. The van der Waals surface area contributed by atoms with Crippen LogP contribution in [0.3, 0.4) is 0 Å². The standard InChI is InChI=1S/C13H11FN4/c1-8-2-7-11(15)13-16-12(17-18(8)13)9-3-5-10(14)6-4-9/h2-7H,15H2,1H3. The summed E-state index contributed by atoms with van der Waals surface area (Å²) in [6.45, 7) is 1.93. The molecule has 2 N–H and O–H groups in total. The summed E-state index contributed by atoms with van der Waals surface area (Å²) in [5, 5.41) is 4.38. The van der Waals surface area contributed by atoms with Gasteiger partial charge in [-0.25, -0.2) is 13.9 Å². The number of aryl methyl sites for hydroxylation is 1. The summed E-state index contributed by atoms with van der Waals surface area (Å²) in [6.07, 6.45) is 0. The minimum absolute atomic E-state index is 0.279. The third-order valence-corrected chi connectivity index (χ3v) is 2.81. The summed E-state index contributed by atoms with van der Waals surface area (Å²) in [6, 6.07) is 9.75. The Labute approximate surface area is 103 Å². The van der Waals surface area contributed by atoms with Gasteiger partial charge < -0.3 is 5.73 Å². The van der Waals surface area contributed by atoms with Crippen molar-refractivity contribution < 1.29 is 4.39 Å². The topological polar surface area (TPSA) is 56.2 Å². The fourth-order valence-corrected chi connectivity index (χ4v) is 1.82. The van der Waals surface area contributed by atoms with Gasteiger partial charge in [-0.1, -0.05) is 0 Å². The van der Waals surface area contributed by atoms with E-state index in [1.165, 1.54) is 12.1 Å². The van der Waals surface area contributed by atoms with Crippen molar-refractivity contribution in [2.45, 2.75) is 6.92 Å². The summed E-state index contributed by atoms with van der Waals surface area (Å²) >= 11 is 0. The highest BCUT2D eigenvalue weighted by Crippen LogP contribution is 2.20.